The van der Waals surface area contributed by atoms with E-state index in [1.165, 1.54) is 11.3 Å². The fraction of sp³-hybridized carbons (Fsp3) is 0.680. The zero-order valence-electron chi connectivity index (χ0n) is 18.8. The number of carboxylic acid groups (broad SMARTS) is 1. The summed E-state index contributed by atoms with van der Waals surface area (Å²) in [5.41, 5.74) is 1.58. The minimum absolute atomic E-state index is 0.0539. The molecule has 0 unspecified atom stereocenters. The summed E-state index contributed by atoms with van der Waals surface area (Å²) in [4.78, 5) is 28.9. The third-order valence-electron chi connectivity index (χ3n) is 7.50. The van der Waals surface area contributed by atoms with E-state index in [0.717, 1.165) is 36.1 Å². The lowest BCUT2D eigenvalue weighted by atomic mass is 9.81. The van der Waals surface area contributed by atoms with Crippen molar-refractivity contribution in [1.29, 1.82) is 0 Å². The molecular weight excluding hydrogens is 426 g/mol. The number of anilines is 1. The summed E-state index contributed by atoms with van der Waals surface area (Å²) in [5, 5.41) is 29.8. The average molecular weight is 462 g/mol. The summed E-state index contributed by atoms with van der Waals surface area (Å²) in [6.07, 6.45) is 9.72. The monoisotopic (exact) mass is 461 g/mol. The van der Waals surface area contributed by atoms with Crippen molar-refractivity contribution in [2.24, 2.45) is 11.8 Å². The summed E-state index contributed by atoms with van der Waals surface area (Å²) >= 11 is 1.24. The maximum absolute atomic E-state index is 13.8. The lowest BCUT2D eigenvalue weighted by molar-refractivity contribution is -0.124. The molecule has 4 rings (SSSR count). The number of carboxylic acids is 1. The molecular formula is C25H35NO5S. The fourth-order valence-corrected chi connectivity index (χ4v) is 6.49. The van der Waals surface area contributed by atoms with Gasteiger partial charge in [0.05, 0.1) is 17.9 Å². The Kier molecular flexibility index (Phi) is 7.37. The van der Waals surface area contributed by atoms with Crippen LogP contribution in [0.5, 0.6) is 0 Å². The highest BCUT2D eigenvalue weighted by atomic mass is 32.1. The zero-order valence-corrected chi connectivity index (χ0v) is 19.6. The maximum atomic E-state index is 13.8. The number of rotatable bonds is 5. The van der Waals surface area contributed by atoms with Crippen LogP contribution in [0.25, 0.3) is 5.57 Å². The van der Waals surface area contributed by atoms with Crippen LogP contribution < -0.4 is 4.90 Å². The second-order valence-corrected chi connectivity index (χ2v) is 11.0. The van der Waals surface area contributed by atoms with E-state index >= 15 is 0 Å². The number of allylic oxidation sites excluding steroid dienone is 1. The van der Waals surface area contributed by atoms with Crippen molar-refractivity contribution >= 4 is 34.5 Å². The Hall–Kier alpha value is -1.70. The first-order valence-corrected chi connectivity index (χ1v) is 12.9. The molecule has 6 nitrogen and oxygen atoms in total. The van der Waals surface area contributed by atoms with Crippen LogP contribution in [0.2, 0.25) is 0 Å². The largest absolute Gasteiger partial charge is 0.477 e. The molecule has 3 aliphatic rings. The number of hydrogen-bond donors (Lipinski definition) is 3. The predicted octanol–water partition coefficient (Wildman–Crippen LogP) is 4.84. The Morgan fingerprint density at radius 3 is 2.25 bits per heavy atom. The van der Waals surface area contributed by atoms with E-state index in [2.05, 4.69) is 6.92 Å². The molecule has 3 N–H and O–H groups in total. The SMILES string of the molecule is CC1CCC(C(=O)N(c2cc(C3=CC[C@H](O)CC3)sc2C(=O)O)C2CCC(O)CC2)CC1. The number of amides is 1. The summed E-state index contributed by atoms with van der Waals surface area (Å²) in [6, 6.07) is 1.82. The Morgan fingerprint density at radius 2 is 1.66 bits per heavy atom. The van der Waals surface area contributed by atoms with Crippen molar-refractivity contribution in [3.63, 3.8) is 0 Å². The van der Waals surface area contributed by atoms with Crippen LogP contribution in [0.4, 0.5) is 5.69 Å². The first-order chi connectivity index (χ1) is 15.3. The fourth-order valence-electron chi connectivity index (χ4n) is 5.43. The minimum Gasteiger partial charge on any atom is -0.477 e. The number of aliphatic hydroxyl groups is 2. The van der Waals surface area contributed by atoms with Gasteiger partial charge in [-0.15, -0.1) is 11.3 Å². The summed E-state index contributed by atoms with van der Waals surface area (Å²) < 4.78 is 0. The topological polar surface area (TPSA) is 98.1 Å². The third kappa shape index (κ3) is 5.10. The number of carbonyl (C=O) groups excluding carboxylic acids is 1. The van der Waals surface area contributed by atoms with Gasteiger partial charge >= 0.3 is 5.97 Å². The molecule has 2 saturated carbocycles. The van der Waals surface area contributed by atoms with Crippen LogP contribution in [0, 0.1) is 11.8 Å². The molecule has 176 valence electrons. The van der Waals surface area contributed by atoms with Gasteiger partial charge in [0.1, 0.15) is 4.88 Å². The Labute approximate surface area is 193 Å². The molecule has 1 atom stereocenters. The molecule has 1 aromatic rings. The van der Waals surface area contributed by atoms with Gasteiger partial charge in [-0.25, -0.2) is 4.79 Å². The van der Waals surface area contributed by atoms with Gasteiger partial charge in [-0.2, -0.15) is 0 Å². The van der Waals surface area contributed by atoms with Crippen molar-refractivity contribution in [2.45, 2.75) is 95.8 Å². The molecule has 0 bridgehead atoms. The summed E-state index contributed by atoms with van der Waals surface area (Å²) in [6.45, 7) is 2.23. The van der Waals surface area contributed by atoms with E-state index in [1.807, 2.05) is 12.1 Å². The van der Waals surface area contributed by atoms with Gasteiger partial charge in [-0.05, 0) is 88.2 Å². The molecule has 32 heavy (non-hydrogen) atoms. The highest BCUT2D eigenvalue weighted by Crippen LogP contribution is 2.42. The Morgan fingerprint density at radius 1 is 0.969 bits per heavy atom. The molecule has 7 heteroatoms. The molecule has 2 fully saturated rings. The van der Waals surface area contributed by atoms with E-state index in [4.69, 9.17) is 0 Å². The van der Waals surface area contributed by atoms with Crippen LogP contribution in [-0.4, -0.2) is 45.4 Å². The molecule has 1 aromatic heterocycles. The number of aliphatic hydroxyl groups excluding tert-OH is 2. The molecule has 0 radical (unpaired) electrons. The second-order valence-electron chi connectivity index (χ2n) is 9.92. The third-order valence-corrected chi connectivity index (χ3v) is 8.69. The van der Waals surface area contributed by atoms with E-state index in [-0.39, 0.29) is 35.0 Å². The highest BCUT2D eigenvalue weighted by molar-refractivity contribution is 7.15. The lowest BCUT2D eigenvalue weighted by Crippen LogP contribution is -2.47. The summed E-state index contributed by atoms with van der Waals surface area (Å²) in [7, 11) is 0. The number of thiophene rings is 1. The molecule has 1 amide bonds. The quantitative estimate of drug-likeness (QED) is 0.583. The molecule has 0 saturated heterocycles. The van der Waals surface area contributed by atoms with Gasteiger partial charge < -0.3 is 20.2 Å². The number of carbonyl (C=O) groups is 2. The van der Waals surface area contributed by atoms with Crippen LogP contribution >= 0.6 is 11.3 Å². The lowest BCUT2D eigenvalue weighted by Gasteiger charge is -2.38. The zero-order chi connectivity index (χ0) is 22.8. The van der Waals surface area contributed by atoms with Gasteiger partial charge in [0.2, 0.25) is 5.91 Å². The number of nitrogens with zero attached hydrogens (tertiary/aromatic N) is 1. The van der Waals surface area contributed by atoms with Crippen molar-refractivity contribution in [3.8, 4) is 0 Å². The van der Waals surface area contributed by atoms with Crippen molar-refractivity contribution in [3.05, 3.63) is 21.9 Å². The molecule has 0 aliphatic heterocycles. The first kappa shape index (κ1) is 23.5. The van der Waals surface area contributed by atoms with Crippen LogP contribution in [-0.2, 0) is 4.79 Å². The van der Waals surface area contributed by atoms with E-state index in [9.17, 15) is 24.9 Å². The van der Waals surface area contributed by atoms with Gasteiger partial charge in [-0.3, -0.25) is 4.79 Å². The number of hydrogen-bond acceptors (Lipinski definition) is 5. The van der Waals surface area contributed by atoms with E-state index in [1.54, 1.807) is 4.90 Å². The maximum Gasteiger partial charge on any atom is 0.348 e. The average Bonchev–Trinajstić information content (AvgIpc) is 3.21. The highest BCUT2D eigenvalue weighted by Gasteiger charge is 2.37. The summed E-state index contributed by atoms with van der Waals surface area (Å²) in [5.74, 6) is -0.378. The molecule has 1 heterocycles. The van der Waals surface area contributed by atoms with Crippen LogP contribution in [0.3, 0.4) is 0 Å². The molecule has 0 spiro atoms. The van der Waals surface area contributed by atoms with Crippen LogP contribution in [0.1, 0.15) is 92.1 Å². The van der Waals surface area contributed by atoms with Gasteiger partial charge in [0.15, 0.2) is 0 Å². The first-order valence-electron chi connectivity index (χ1n) is 12.1. The minimum atomic E-state index is -1.00. The Balaban J connectivity index is 1.69. The van der Waals surface area contributed by atoms with E-state index in [0.29, 0.717) is 56.6 Å². The van der Waals surface area contributed by atoms with Gasteiger partial charge in [0, 0.05) is 16.8 Å². The standard InChI is InChI=1S/C25H35NO5S/c1-15-2-4-17(5-3-15)24(29)26(18-8-12-20(28)13-9-18)21-14-22(32-23(21)25(30)31)16-6-10-19(27)11-7-16/h6,14-15,17-20,27-28H,2-5,7-13H2,1H3,(H,30,31)/t15?,17?,18?,19-,20?/m0/s1. The second kappa shape index (κ2) is 10.1. The van der Waals surface area contributed by atoms with Crippen molar-refractivity contribution < 1.29 is 24.9 Å². The predicted molar refractivity (Wildman–Crippen MR) is 126 cm³/mol. The van der Waals surface area contributed by atoms with Crippen molar-refractivity contribution in [2.75, 3.05) is 4.90 Å². The number of aromatic carboxylic acids is 1. The Bertz CT molecular complexity index is 862. The normalized spacial score (nSPS) is 31.1. The molecule has 3 aliphatic carbocycles. The smallest absolute Gasteiger partial charge is 0.348 e. The van der Waals surface area contributed by atoms with Gasteiger partial charge in [0.25, 0.3) is 0 Å². The van der Waals surface area contributed by atoms with E-state index < -0.39 is 5.97 Å². The van der Waals surface area contributed by atoms with Gasteiger partial charge in [-0.1, -0.05) is 13.0 Å². The van der Waals surface area contributed by atoms with Crippen molar-refractivity contribution in [1.82, 2.24) is 0 Å². The van der Waals surface area contributed by atoms with Crippen LogP contribution in [0.15, 0.2) is 12.1 Å². The molecule has 0 aromatic carbocycles.